The predicted molar refractivity (Wildman–Crippen MR) is 73.6 cm³/mol. The van der Waals surface area contributed by atoms with Gasteiger partial charge in [0, 0.05) is 25.7 Å². The lowest BCUT2D eigenvalue weighted by Gasteiger charge is -2.40. The highest BCUT2D eigenvalue weighted by Gasteiger charge is 2.32. The molecule has 1 atom stereocenters. The topological polar surface area (TPSA) is 44.4 Å². The van der Waals surface area contributed by atoms with Crippen LogP contribution in [0.3, 0.4) is 0 Å². The van der Waals surface area contributed by atoms with Gasteiger partial charge in [-0.1, -0.05) is 13.8 Å². The van der Waals surface area contributed by atoms with Gasteiger partial charge in [0.25, 0.3) is 0 Å². The second-order valence-corrected chi connectivity index (χ2v) is 6.33. The number of rotatable bonds is 2. The number of urea groups is 1. The Labute approximate surface area is 110 Å². The number of hydrogen-bond donors (Lipinski definition) is 2. The van der Waals surface area contributed by atoms with Crippen LogP contribution in [-0.2, 0) is 0 Å². The lowest BCUT2D eigenvalue weighted by atomic mass is 9.77. The normalized spacial score (nSPS) is 27.9. The summed E-state index contributed by atoms with van der Waals surface area (Å²) < 4.78 is 0. The smallest absolute Gasteiger partial charge is 0.317 e. The summed E-state index contributed by atoms with van der Waals surface area (Å²) in [6.07, 6.45) is 6.05. The standard InChI is InChI=1S/C14H27N3O/c1-14(2)7-6-8-15-12(14)11-16-13(18)17-9-4-3-5-10-17/h12,15H,3-11H2,1-2H3,(H,16,18). The minimum absolute atomic E-state index is 0.123. The summed E-state index contributed by atoms with van der Waals surface area (Å²) >= 11 is 0. The molecule has 2 aliphatic heterocycles. The van der Waals surface area contributed by atoms with Crippen LogP contribution < -0.4 is 10.6 Å². The molecule has 0 radical (unpaired) electrons. The fourth-order valence-corrected chi connectivity index (χ4v) is 3.02. The zero-order chi connectivity index (χ0) is 13.0. The second kappa shape index (κ2) is 5.91. The monoisotopic (exact) mass is 253 g/mol. The molecule has 2 saturated heterocycles. The number of carbonyl (C=O) groups is 1. The van der Waals surface area contributed by atoms with Gasteiger partial charge in [-0.3, -0.25) is 0 Å². The van der Waals surface area contributed by atoms with Crippen molar-refractivity contribution in [1.82, 2.24) is 15.5 Å². The first kappa shape index (κ1) is 13.7. The van der Waals surface area contributed by atoms with Crippen molar-refractivity contribution in [3.05, 3.63) is 0 Å². The van der Waals surface area contributed by atoms with Gasteiger partial charge in [-0.2, -0.15) is 0 Å². The molecule has 2 amide bonds. The van der Waals surface area contributed by atoms with Gasteiger partial charge in [0.15, 0.2) is 0 Å². The highest BCUT2D eigenvalue weighted by Crippen LogP contribution is 2.29. The third-order valence-electron chi connectivity index (χ3n) is 4.43. The zero-order valence-electron chi connectivity index (χ0n) is 11.8. The van der Waals surface area contributed by atoms with Crippen LogP contribution in [0.4, 0.5) is 4.79 Å². The van der Waals surface area contributed by atoms with Gasteiger partial charge in [-0.25, -0.2) is 4.79 Å². The molecule has 0 aliphatic carbocycles. The zero-order valence-corrected chi connectivity index (χ0v) is 11.8. The summed E-state index contributed by atoms with van der Waals surface area (Å²) in [6, 6.07) is 0.526. The molecule has 1 unspecified atom stereocenters. The Morgan fingerprint density at radius 2 is 2.00 bits per heavy atom. The highest BCUT2D eigenvalue weighted by atomic mass is 16.2. The molecule has 4 heteroatoms. The van der Waals surface area contributed by atoms with E-state index in [1.807, 2.05) is 4.90 Å². The summed E-state index contributed by atoms with van der Waals surface area (Å²) in [6.45, 7) is 8.25. The number of amides is 2. The molecule has 4 nitrogen and oxygen atoms in total. The summed E-state index contributed by atoms with van der Waals surface area (Å²) in [5, 5.41) is 6.64. The largest absolute Gasteiger partial charge is 0.336 e. The lowest BCUT2D eigenvalue weighted by molar-refractivity contribution is 0.161. The second-order valence-electron chi connectivity index (χ2n) is 6.33. The molecule has 2 rings (SSSR count). The van der Waals surface area contributed by atoms with E-state index in [0.717, 1.165) is 39.0 Å². The summed E-state index contributed by atoms with van der Waals surface area (Å²) in [7, 11) is 0. The van der Waals surface area contributed by atoms with E-state index >= 15 is 0 Å². The molecule has 0 aromatic heterocycles. The van der Waals surface area contributed by atoms with Gasteiger partial charge in [-0.15, -0.1) is 0 Å². The number of carbonyl (C=O) groups excluding carboxylic acids is 1. The van der Waals surface area contributed by atoms with Crippen LogP contribution in [-0.4, -0.2) is 43.2 Å². The first-order chi connectivity index (χ1) is 8.59. The summed E-state index contributed by atoms with van der Waals surface area (Å²) in [5.74, 6) is 0. The lowest BCUT2D eigenvalue weighted by Crippen LogP contribution is -2.54. The first-order valence-electron chi connectivity index (χ1n) is 7.36. The van der Waals surface area contributed by atoms with Gasteiger partial charge < -0.3 is 15.5 Å². The van der Waals surface area contributed by atoms with Crippen LogP contribution in [0, 0.1) is 5.41 Å². The molecule has 104 valence electrons. The van der Waals surface area contributed by atoms with E-state index < -0.39 is 0 Å². The van der Waals surface area contributed by atoms with Crippen molar-refractivity contribution in [1.29, 1.82) is 0 Å². The van der Waals surface area contributed by atoms with E-state index in [1.165, 1.54) is 19.3 Å². The molecule has 2 N–H and O–H groups in total. The van der Waals surface area contributed by atoms with Crippen LogP contribution in [0.2, 0.25) is 0 Å². The van der Waals surface area contributed by atoms with Crippen LogP contribution in [0.25, 0.3) is 0 Å². The quantitative estimate of drug-likeness (QED) is 0.790. The molecule has 18 heavy (non-hydrogen) atoms. The van der Waals surface area contributed by atoms with Crippen molar-refractivity contribution in [2.45, 2.75) is 52.0 Å². The predicted octanol–water partition coefficient (Wildman–Crippen LogP) is 1.96. The Morgan fingerprint density at radius 3 is 2.67 bits per heavy atom. The number of piperidine rings is 2. The number of nitrogens with one attached hydrogen (secondary N) is 2. The van der Waals surface area contributed by atoms with Gasteiger partial charge in [0.2, 0.25) is 0 Å². The molecule has 2 heterocycles. The van der Waals surface area contributed by atoms with Gasteiger partial charge in [0.05, 0.1) is 0 Å². The molecule has 0 bridgehead atoms. The molecule has 0 saturated carbocycles. The third-order valence-corrected chi connectivity index (χ3v) is 4.43. The van der Waals surface area contributed by atoms with E-state index in [9.17, 15) is 4.79 Å². The van der Waals surface area contributed by atoms with E-state index in [2.05, 4.69) is 24.5 Å². The van der Waals surface area contributed by atoms with Crippen LogP contribution in [0.15, 0.2) is 0 Å². The number of nitrogens with zero attached hydrogens (tertiary/aromatic N) is 1. The first-order valence-corrected chi connectivity index (χ1v) is 7.36. The van der Waals surface area contributed by atoms with Crippen molar-refractivity contribution < 1.29 is 4.79 Å². The Hall–Kier alpha value is -0.770. The average Bonchev–Trinajstić information content (AvgIpc) is 2.38. The maximum absolute atomic E-state index is 12.0. The molecular formula is C14H27N3O. The molecular weight excluding hydrogens is 226 g/mol. The van der Waals surface area contributed by atoms with Gasteiger partial charge in [-0.05, 0) is 44.1 Å². The van der Waals surface area contributed by atoms with E-state index in [4.69, 9.17) is 0 Å². The molecule has 2 aliphatic rings. The molecule has 0 spiro atoms. The molecule has 0 aromatic rings. The van der Waals surface area contributed by atoms with Crippen LogP contribution >= 0.6 is 0 Å². The number of hydrogen-bond acceptors (Lipinski definition) is 2. The molecule has 0 aromatic carbocycles. The fourth-order valence-electron chi connectivity index (χ4n) is 3.02. The van der Waals surface area contributed by atoms with Crippen molar-refractivity contribution in [2.75, 3.05) is 26.2 Å². The van der Waals surface area contributed by atoms with Crippen LogP contribution in [0.1, 0.15) is 46.0 Å². The highest BCUT2D eigenvalue weighted by molar-refractivity contribution is 5.74. The molecule has 2 fully saturated rings. The van der Waals surface area contributed by atoms with E-state index in [-0.39, 0.29) is 11.4 Å². The Kier molecular flexibility index (Phi) is 4.49. The van der Waals surface area contributed by atoms with E-state index in [0.29, 0.717) is 6.04 Å². The Morgan fingerprint density at radius 1 is 1.28 bits per heavy atom. The number of likely N-dealkylation sites (tertiary alicyclic amines) is 1. The van der Waals surface area contributed by atoms with Crippen molar-refractivity contribution >= 4 is 6.03 Å². The Bertz CT molecular complexity index is 285. The average molecular weight is 253 g/mol. The maximum Gasteiger partial charge on any atom is 0.317 e. The minimum Gasteiger partial charge on any atom is -0.336 e. The van der Waals surface area contributed by atoms with Crippen molar-refractivity contribution in [3.63, 3.8) is 0 Å². The van der Waals surface area contributed by atoms with Crippen molar-refractivity contribution in [3.8, 4) is 0 Å². The SMILES string of the molecule is CC1(C)CCCNC1CNC(=O)N1CCCCC1. The van der Waals surface area contributed by atoms with Crippen LogP contribution in [0.5, 0.6) is 0 Å². The maximum atomic E-state index is 12.0. The van der Waals surface area contributed by atoms with Gasteiger partial charge in [0.1, 0.15) is 0 Å². The van der Waals surface area contributed by atoms with Crippen molar-refractivity contribution in [2.24, 2.45) is 5.41 Å². The third kappa shape index (κ3) is 3.37. The van der Waals surface area contributed by atoms with Gasteiger partial charge >= 0.3 is 6.03 Å². The Balaban J connectivity index is 1.77. The fraction of sp³-hybridized carbons (Fsp3) is 0.929. The minimum atomic E-state index is 0.123. The summed E-state index contributed by atoms with van der Waals surface area (Å²) in [5.41, 5.74) is 0.285. The summed E-state index contributed by atoms with van der Waals surface area (Å²) in [4.78, 5) is 14.0. The van der Waals surface area contributed by atoms with E-state index in [1.54, 1.807) is 0 Å².